The van der Waals surface area contributed by atoms with Gasteiger partial charge in [-0.25, -0.2) is 4.39 Å². The highest BCUT2D eigenvalue weighted by Crippen LogP contribution is 2.69. The highest BCUT2D eigenvalue weighted by Gasteiger charge is 2.66. The molecule has 100 valence electrons. The molecule has 0 radical (unpaired) electrons. The predicted octanol–water partition coefficient (Wildman–Crippen LogP) is 4.14. The third-order valence-electron chi connectivity index (χ3n) is 5.02. The van der Waals surface area contributed by atoms with Gasteiger partial charge in [-0.1, -0.05) is 43.6 Å². The van der Waals surface area contributed by atoms with Crippen molar-refractivity contribution in [2.24, 2.45) is 22.5 Å². The molecular weight excluding hydrogens is 293 g/mol. The fourth-order valence-corrected chi connectivity index (χ4v) is 3.80. The van der Waals surface area contributed by atoms with Crippen LogP contribution in [0, 0.1) is 22.6 Å². The van der Waals surface area contributed by atoms with Crippen LogP contribution in [0.1, 0.15) is 33.3 Å². The maximum Gasteiger partial charge on any atom is 0.123 e. The second-order valence-electron chi connectivity index (χ2n) is 6.52. The van der Waals surface area contributed by atoms with Crippen molar-refractivity contribution in [2.45, 2.75) is 40.2 Å². The summed E-state index contributed by atoms with van der Waals surface area (Å²) < 4.78 is 14.2. The topological polar surface area (TPSA) is 26.0 Å². The minimum Gasteiger partial charge on any atom is -0.327 e. The Hall–Kier alpha value is -0.410. The molecule has 0 aromatic heterocycles. The van der Waals surface area contributed by atoms with Gasteiger partial charge in [0.2, 0.25) is 0 Å². The molecule has 0 amide bonds. The van der Waals surface area contributed by atoms with E-state index in [1.807, 2.05) is 0 Å². The summed E-state index contributed by atoms with van der Waals surface area (Å²) in [5, 5.41) is 0. The monoisotopic (exact) mass is 313 g/mol. The van der Waals surface area contributed by atoms with E-state index in [0.29, 0.717) is 5.92 Å². The number of hydrogen-bond donors (Lipinski definition) is 1. The SMILES string of the molecule is CC1(C)C(C(N)Cc2cc(F)ccc2Br)C1(C)C. The highest BCUT2D eigenvalue weighted by molar-refractivity contribution is 9.10. The Balaban J connectivity index is 2.14. The van der Waals surface area contributed by atoms with Crippen LogP contribution < -0.4 is 5.73 Å². The van der Waals surface area contributed by atoms with Crippen LogP contribution in [0.3, 0.4) is 0 Å². The van der Waals surface area contributed by atoms with E-state index in [0.717, 1.165) is 16.5 Å². The summed E-state index contributed by atoms with van der Waals surface area (Å²) in [5.74, 6) is 0.287. The molecule has 3 heteroatoms. The van der Waals surface area contributed by atoms with Crippen LogP contribution in [0.15, 0.2) is 22.7 Å². The van der Waals surface area contributed by atoms with Crippen molar-refractivity contribution in [1.82, 2.24) is 0 Å². The van der Waals surface area contributed by atoms with Crippen LogP contribution >= 0.6 is 15.9 Å². The molecule has 2 rings (SSSR count). The quantitative estimate of drug-likeness (QED) is 0.891. The molecule has 1 aliphatic carbocycles. The van der Waals surface area contributed by atoms with Gasteiger partial charge in [-0.3, -0.25) is 0 Å². The minimum absolute atomic E-state index is 0.0769. The number of rotatable bonds is 3. The van der Waals surface area contributed by atoms with Gasteiger partial charge in [0.25, 0.3) is 0 Å². The zero-order valence-corrected chi connectivity index (χ0v) is 13.0. The summed E-state index contributed by atoms with van der Waals surface area (Å²) in [6.07, 6.45) is 0.718. The first kappa shape index (κ1) is 14.0. The summed E-state index contributed by atoms with van der Waals surface area (Å²) in [6.45, 7) is 9.05. The van der Waals surface area contributed by atoms with Crippen LogP contribution in [0.2, 0.25) is 0 Å². The molecule has 0 aliphatic heterocycles. The second kappa shape index (κ2) is 4.31. The Morgan fingerprint density at radius 2 is 1.83 bits per heavy atom. The van der Waals surface area contributed by atoms with Gasteiger partial charge in [-0.2, -0.15) is 0 Å². The van der Waals surface area contributed by atoms with Crippen molar-refractivity contribution in [3.63, 3.8) is 0 Å². The highest BCUT2D eigenvalue weighted by atomic mass is 79.9. The third kappa shape index (κ3) is 2.12. The summed E-state index contributed by atoms with van der Waals surface area (Å²) >= 11 is 3.46. The Morgan fingerprint density at radius 1 is 1.28 bits per heavy atom. The maximum atomic E-state index is 13.3. The van der Waals surface area contributed by atoms with Gasteiger partial charge in [0.15, 0.2) is 0 Å². The van der Waals surface area contributed by atoms with Crippen molar-refractivity contribution < 1.29 is 4.39 Å². The van der Waals surface area contributed by atoms with E-state index in [2.05, 4.69) is 43.6 Å². The molecule has 0 saturated heterocycles. The Bertz CT molecular complexity index is 454. The fourth-order valence-electron chi connectivity index (χ4n) is 3.39. The number of benzene rings is 1. The van der Waals surface area contributed by atoms with Crippen molar-refractivity contribution in [1.29, 1.82) is 0 Å². The molecule has 0 spiro atoms. The summed E-state index contributed by atoms with van der Waals surface area (Å²) in [5.41, 5.74) is 7.84. The first-order valence-electron chi connectivity index (χ1n) is 6.37. The summed E-state index contributed by atoms with van der Waals surface area (Å²) in [7, 11) is 0. The van der Waals surface area contributed by atoms with E-state index in [1.54, 1.807) is 12.1 Å². The van der Waals surface area contributed by atoms with Crippen LogP contribution in [-0.4, -0.2) is 6.04 Å². The molecule has 0 bridgehead atoms. The molecule has 1 saturated carbocycles. The zero-order chi connectivity index (χ0) is 13.7. The fraction of sp³-hybridized carbons (Fsp3) is 0.600. The molecule has 1 aliphatic rings. The van der Waals surface area contributed by atoms with E-state index in [1.165, 1.54) is 6.07 Å². The normalized spacial score (nSPS) is 22.8. The van der Waals surface area contributed by atoms with Gasteiger partial charge in [0.1, 0.15) is 5.82 Å². The molecule has 1 nitrogen and oxygen atoms in total. The molecule has 0 heterocycles. The van der Waals surface area contributed by atoms with Crippen molar-refractivity contribution in [3.8, 4) is 0 Å². The standard InChI is InChI=1S/C15H21BrFN/c1-14(2)13(15(14,3)4)12(18)8-9-7-10(17)5-6-11(9)16/h5-7,12-13H,8,18H2,1-4H3. The number of hydrogen-bond acceptors (Lipinski definition) is 1. The van der Waals surface area contributed by atoms with Crippen molar-refractivity contribution >= 4 is 15.9 Å². The number of nitrogens with two attached hydrogens (primary N) is 1. The van der Waals surface area contributed by atoms with Crippen LogP contribution in [0.25, 0.3) is 0 Å². The smallest absolute Gasteiger partial charge is 0.123 e. The van der Waals surface area contributed by atoms with E-state index in [-0.39, 0.29) is 22.7 Å². The molecule has 18 heavy (non-hydrogen) atoms. The lowest BCUT2D eigenvalue weighted by molar-refractivity contribution is 0.457. The first-order chi connectivity index (χ1) is 8.18. The Kier molecular flexibility index (Phi) is 3.35. The first-order valence-corrected chi connectivity index (χ1v) is 7.16. The van der Waals surface area contributed by atoms with Gasteiger partial charge >= 0.3 is 0 Å². The lowest BCUT2D eigenvalue weighted by atomic mass is 9.98. The number of halogens is 2. The van der Waals surface area contributed by atoms with Gasteiger partial charge in [-0.15, -0.1) is 0 Å². The lowest BCUT2D eigenvalue weighted by Gasteiger charge is -2.15. The lowest BCUT2D eigenvalue weighted by Crippen LogP contribution is -2.28. The average Bonchev–Trinajstić information content (AvgIpc) is 2.63. The van der Waals surface area contributed by atoms with Gasteiger partial charge in [-0.05, 0) is 46.9 Å². The van der Waals surface area contributed by atoms with Gasteiger partial charge in [0.05, 0.1) is 0 Å². The van der Waals surface area contributed by atoms with Crippen molar-refractivity contribution in [3.05, 3.63) is 34.1 Å². The van der Waals surface area contributed by atoms with Crippen LogP contribution in [0.5, 0.6) is 0 Å². The van der Waals surface area contributed by atoms with E-state index < -0.39 is 0 Å². The molecule has 1 aromatic rings. The van der Waals surface area contributed by atoms with Crippen LogP contribution in [0.4, 0.5) is 4.39 Å². The maximum absolute atomic E-state index is 13.3. The van der Waals surface area contributed by atoms with E-state index in [4.69, 9.17) is 5.73 Å². The van der Waals surface area contributed by atoms with Crippen molar-refractivity contribution in [2.75, 3.05) is 0 Å². The molecule has 2 N–H and O–H groups in total. The second-order valence-corrected chi connectivity index (χ2v) is 7.38. The zero-order valence-electron chi connectivity index (χ0n) is 11.4. The molecule has 1 fully saturated rings. The Labute approximate surface area is 117 Å². The molecule has 1 unspecified atom stereocenters. The third-order valence-corrected chi connectivity index (χ3v) is 5.80. The van der Waals surface area contributed by atoms with Crippen LogP contribution in [-0.2, 0) is 6.42 Å². The van der Waals surface area contributed by atoms with E-state index in [9.17, 15) is 4.39 Å². The summed E-state index contributed by atoms with van der Waals surface area (Å²) in [6, 6.07) is 4.87. The van der Waals surface area contributed by atoms with E-state index >= 15 is 0 Å². The Morgan fingerprint density at radius 3 is 2.33 bits per heavy atom. The largest absolute Gasteiger partial charge is 0.327 e. The average molecular weight is 314 g/mol. The van der Waals surface area contributed by atoms with Gasteiger partial charge < -0.3 is 5.73 Å². The van der Waals surface area contributed by atoms with Gasteiger partial charge in [0, 0.05) is 10.5 Å². The predicted molar refractivity (Wildman–Crippen MR) is 76.8 cm³/mol. The summed E-state index contributed by atoms with van der Waals surface area (Å²) in [4.78, 5) is 0. The minimum atomic E-state index is -0.199. The molecule has 1 aromatic carbocycles. The molecule has 1 atom stereocenters. The molecular formula is C15H21BrFN.